The van der Waals surface area contributed by atoms with E-state index in [9.17, 15) is 18.4 Å². The van der Waals surface area contributed by atoms with Crippen LogP contribution in [0, 0.1) is 11.6 Å². The summed E-state index contributed by atoms with van der Waals surface area (Å²) in [5.41, 5.74) is 1.40. The summed E-state index contributed by atoms with van der Waals surface area (Å²) in [6.07, 6.45) is 0.990. The molecule has 0 unspecified atom stereocenters. The maximum Gasteiger partial charge on any atom is 0.251 e. The SMILES string of the molecule is CN1CCN(C(=O)[C@H](COCCN[C@@H]2C[C@H]2c2ccc(F)cc2)NC(=O)c2ccc(F)cc2)CC1. The lowest BCUT2D eigenvalue weighted by molar-refractivity contribution is -0.136. The zero-order valence-electron chi connectivity index (χ0n) is 19.9. The summed E-state index contributed by atoms with van der Waals surface area (Å²) in [5.74, 6) is -0.921. The predicted octanol–water partition coefficient (Wildman–Crippen LogP) is 2.00. The highest BCUT2D eigenvalue weighted by Gasteiger charge is 2.37. The number of rotatable bonds is 10. The monoisotopic (exact) mass is 486 g/mol. The van der Waals surface area contributed by atoms with E-state index in [-0.39, 0.29) is 23.9 Å². The largest absolute Gasteiger partial charge is 0.377 e. The molecule has 1 aliphatic carbocycles. The molecule has 0 radical (unpaired) electrons. The van der Waals surface area contributed by atoms with Crippen molar-refractivity contribution in [1.82, 2.24) is 20.4 Å². The number of nitrogens with zero attached hydrogens (tertiary/aromatic N) is 2. The molecule has 1 saturated heterocycles. The zero-order chi connectivity index (χ0) is 24.8. The molecule has 35 heavy (non-hydrogen) atoms. The molecule has 7 nitrogen and oxygen atoms in total. The van der Waals surface area contributed by atoms with Gasteiger partial charge in [-0.15, -0.1) is 0 Å². The molecule has 4 rings (SSSR count). The summed E-state index contributed by atoms with van der Waals surface area (Å²) in [6.45, 7) is 3.75. The molecular weight excluding hydrogens is 454 g/mol. The first-order valence-electron chi connectivity index (χ1n) is 12.0. The molecule has 188 valence electrons. The van der Waals surface area contributed by atoms with Crippen LogP contribution in [-0.2, 0) is 9.53 Å². The third-order valence-electron chi connectivity index (χ3n) is 6.55. The van der Waals surface area contributed by atoms with Crippen LogP contribution in [0.5, 0.6) is 0 Å². The second kappa shape index (κ2) is 11.7. The Morgan fingerprint density at radius 2 is 1.63 bits per heavy atom. The highest BCUT2D eigenvalue weighted by Crippen LogP contribution is 2.40. The molecule has 2 aromatic carbocycles. The number of hydrogen-bond donors (Lipinski definition) is 2. The van der Waals surface area contributed by atoms with Crippen LogP contribution in [0.2, 0.25) is 0 Å². The average molecular weight is 487 g/mol. The summed E-state index contributed by atoms with van der Waals surface area (Å²) in [6, 6.07) is 11.3. The molecule has 1 aliphatic heterocycles. The molecule has 0 aromatic heterocycles. The van der Waals surface area contributed by atoms with E-state index in [1.54, 1.807) is 4.90 Å². The van der Waals surface area contributed by atoms with Gasteiger partial charge in [0.25, 0.3) is 5.91 Å². The highest BCUT2D eigenvalue weighted by atomic mass is 19.1. The lowest BCUT2D eigenvalue weighted by atomic mass is 10.1. The minimum absolute atomic E-state index is 0.0475. The van der Waals surface area contributed by atoms with Gasteiger partial charge in [0.05, 0.1) is 13.2 Å². The first-order valence-corrected chi connectivity index (χ1v) is 12.0. The number of amides is 2. The van der Waals surface area contributed by atoms with Crippen molar-refractivity contribution in [1.29, 1.82) is 0 Å². The average Bonchev–Trinajstić information content (AvgIpc) is 3.63. The third kappa shape index (κ3) is 7.06. The summed E-state index contributed by atoms with van der Waals surface area (Å²) >= 11 is 0. The van der Waals surface area contributed by atoms with Gasteiger partial charge in [-0.05, 0) is 55.4 Å². The van der Waals surface area contributed by atoms with Crippen LogP contribution in [-0.4, -0.2) is 86.7 Å². The molecule has 1 saturated carbocycles. The Bertz CT molecular complexity index is 995. The van der Waals surface area contributed by atoms with Gasteiger partial charge >= 0.3 is 0 Å². The van der Waals surface area contributed by atoms with Crippen molar-refractivity contribution in [3.8, 4) is 0 Å². The Balaban J connectivity index is 1.26. The minimum Gasteiger partial charge on any atom is -0.377 e. The number of benzene rings is 2. The standard InChI is InChI=1S/C26H32F2N4O3/c1-31-11-13-32(14-12-31)26(34)24(30-25(33)19-4-8-21(28)9-5-19)17-35-15-10-29-23-16-22(23)18-2-6-20(27)7-3-18/h2-9,22-24,29H,10-17H2,1H3,(H,30,33)/t22-,23+,24-/m0/s1. The van der Waals surface area contributed by atoms with Gasteiger partial charge in [-0.25, -0.2) is 8.78 Å². The van der Waals surface area contributed by atoms with E-state index in [0.717, 1.165) is 25.1 Å². The zero-order valence-corrected chi connectivity index (χ0v) is 19.9. The lowest BCUT2D eigenvalue weighted by Gasteiger charge is -2.34. The van der Waals surface area contributed by atoms with E-state index < -0.39 is 17.8 Å². The molecule has 1 heterocycles. The lowest BCUT2D eigenvalue weighted by Crippen LogP contribution is -2.55. The van der Waals surface area contributed by atoms with Gasteiger partial charge in [0, 0.05) is 50.2 Å². The fraction of sp³-hybridized carbons (Fsp3) is 0.462. The second-order valence-electron chi connectivity index (χ2n) is 9.19. The number of hydrogen-bond acceptors (Lipinski definition) is 5. The fourth-order valence-electron chi connectivity index (χ4n) is 4.28. The van der Waals surface area contributed by atoms with Crippen molar-refractivity contribution in [2.45, 2.75) is 24.4 Å². The van der Waals surface area contributed by atoms with E-state index >= 15 is 0 Å². The number of halogens is 2. The van der Waals surface area contributed by atoms with Crippen molar-refractivity contribution in [3.05, 3.63) is 71.3 Å². The molecule has 2 fully saturated rings. The molecule has 0 bridgehead atoms. The molecule has 3 atom stereocenters. The number of ether oxygens (including phenoxy) is 1. The van der Waals surface area contributed by atoms with Crippen LogP contribution < -0.4 is 10.6 Å². The molecule has 2 N–H and O–H groups in total. The number of nitrogens with one attached hydrogen (secondary N) is 2. The van der Waals surface area contributed by atoms with Gasteiger partial charge in [-0.1, -0.05) is 12.1 Å². The normalized spacial score (nSPS) is 20.9. The minimum atomic E-state index is -0.830. The van der Waals surface area contributed by atoms with Crippen molar-refractivity contribution < 1.29 is 23.1 Å². The van der Waals surface area contributed by atoms with Crippen molar-refractivity contribution in [3.63, 3.8) is 0 Å². The molecular formula is C26H32F2N4O3. The number of carbonyl (C=O) groups is 2. The van der Waals surface area contributed by atoms with Crippen LogP contribution in [0.25, 0.3) is 0 Å². The van der Waals surface area contributed by atoms with Crippen LogP contribution >= 0.6 is 0 Å². The number of piperazine rings is 1. The molecule has 2 aliphatic rings. The van der Waals surface area contributed by atoms with E-state index in [1.165, 1.54) is 36.4 Å². The maximum absolute atomic E-state index is 13.2. The highest BCUT2D eigenvalue weighted by molar-refractivity contribution is 5.97. The van der Waals surface area contributed by atoms with Gasteiger partial charge in [0.2, 0.25) is 5.91 Å². The Kier molecular flexibility index (Phi) is 8.43. The van der Waals surface area contributed by atoms with Gasteiger partial charge in [-0.3, -0.25) is 9.59 Å². The molecule has 2 amide bonds. The maximum atomic E-state index is 13.2. The molecule has 9 heteroatoms. The predicted molar refractivity (Wildman–Crippen MR) is 128 cm³/mol. The fourth-order valence-corrected chi connectivity index (χ4v) is 4.28. The van der Waals surface area contributed by atoms with E-state index in [2.05, 4.69) is 15.5 Å². The van der Waals surface area contributed by atoms with Crippen molar-refractivity contribution in [2.24, 2.45) is 0 Å². The Morgan fingerprint density at radius 3 is 2.29 bits per heavy atom. The summed E-state index contributed by atoms with van der Waals surface area (Å²) in [4.78, 5) is 29.7. The Labute approximate surface area is 204 Å². The van der Waals surface area contributed by atoms with Crippen LogP contribution in [0.4, 0.5) is 8.78 Å². The van der Waals surface area contributed by atoms with Crippen LogP contribution in [0.3, 0.4) is 0 Å². The Morgan fingerprint density at radius 1 is 1.00 bits per heavy atom. The number of carbonyl (C=O) groups excluding carboxylic acids is 2. The summed E-state index contributed by atoms with van der Waals surface area (Å²) in [5, 5.41) is 6.18. The van der Waals surface area contributed by atoms with Gasteiger partial charge in [0.1, 0.15) is 17.7 Å². The van der Waals surface area contributed by atoms with Crippen LogP contribution in [0.1, 0.15) is 28.3 Å². The van der Waals surface area contributed by atoms with Crippen molar-refractivity contribution in [2.75, 3.05) is 53.0 Å². The van der Waals surface area contributed by atoms with E-state index in [1.807, 2.05) is 19.2 Å². The summed E-state index contributed by atoms with van der Waals surface area (Å²) in [7, 11) is 2.01. The van der Waals surface area contributed by atoms with E-state index in [4.69, 9.17) is 4.74 Å². The Hall–Kier alpha value is -2.88. The summed E-state index contributed by atoms with van der Waals surface area (Å²) < 4.78 is 32.1. The van der Waals surface area contributed by atoms with Crippen LogP contribution in [0.15, 0.2) is 48.5 Å². The smallest absolute Gasteiger partial charge is 0.251 e. The van der Waals surface area contributed by atoms with Crippen molar-refractivity contribution >= 4 is 11.8 Å². The van der Waals surface area contributed by atoms with Gasteiger partial charge in [0.15, 0.2) is 0 Å². The first-order chi connectivity index (χ1) is 16.9. The third-order valence-corrected chi connectivity index (χ3v) is 6.55. The topological polar surface area (TPSA) is 73.9 Å². The van der Waals surface area contributed by atoms with Gasteiger partial charge in [-0.2, -0.15) is 0 Å². The van der Waals surface area contributed by atoms with Gasteiger partial charge < -0.3 is 25.2 Å². The first kappa shape index (κ1) is 25.2. The molecule has 2 aromatic rings. The number of likely N-dealkylation sites (N-methyl/N-ethyl adjacent to an activating group) is 1. The second-order valence-corrected chi connectivity index (χ2v) is 9.19. The van der Waals surface area contributed by atoms with E-state index in [0.29, 0.717) is 38.2 Å². The molecule has 0 spiro atoms. The quantitative estimate of drug-likeness (QED) is 0.503.